The second-order valence-corrected chi connectivity index (χ2v) is 8.51. The van der Waals surface area contributed by atoms with E-state index >= 15 is 0 Å². The van der Waals surface area contributed by atoms with Crippen LogP contribution in [0.4, 0.5) is 17.6 Å². The van der Waals surface area contributed by atoms with Gasteiger partial charge in [0.15, 0.2) is 5.82 Å². The largest absolute Gasteiger partial charge is 0.490 e. The van der Waals surface area contributed by atoms with Crippen LogP contribution in [0, 0.1) is 30.6 Å². The Bertz CT molecular complexity index is 1350. The van der Waals surface area contributed by atoms with Crippen molar-refractivity contribution in [3.8, 4) is 22.9 Å². The number of pyridine rings is 2. The number of aromatic nitrogens is 5. The summed E-state index contributed by atoms with van der Waals surface area (Å²) in [6.07, 6.45) is 3.61. The molecule has 9 nitrogen and oxygen atoms in total. The van der Waals surface area contributed by atoms with Gasteiger partial charge in [-0.1, -0.05) is 0 Å². The maximum atomic E-state index is 9.30. The van der Waals surface area contributed by atoms with Gasteiger partial charge in [0.05, 0.1) is 23.2 Å². The fourth-order valence-corrected chi connectivity index (χ4v) is 3.28. The Morgan fingerprint density at radius 1 is 1.09 bits per heavy atom. The third kappa shape index (κ3) is 5.01. The first kappa shape index (κ1) is 22.0. The Morgan fingerprint density at radius 3 is 2.67 bits per heavy atom. The van der Waals surface area contributed by atoms with Crippen molar-refractivity contribution in [2.24, 2.45) is 5.41 Å². The molecular weight excluding hydrogens is 416 g/mol. The SMILES string of the molecule is CNc1nc(C)cc(Nc2cc3cc(-c4cc(C)ncc4OCC(C)(C)C#N)ccn3n2)n1. The fraction of sp³-hybridized carbons (Fsp3) is 0.292. The van der Waals surface area contributed by atoms with Gasteiger partial charge < -0.3 is 15.4 Å². The molecule has 168 valence electrons. The van der Waals surface area contributed by atoms with Crippen LogP contribution in [-0.2, 0) is 0 Å². The molecule has 0 amide bonds. The molecule has 0 atom stereocenters. The van der Waals surface area contributed by atoms with Crippen molar-refractivity contribution in [3.63, 3.8) is 0 Å². The van der Waals surface area contributed by atoms with Crippen LogP contribution in [-0.4, -0.2) is 38.2 Å². The molecule has 4 aromatic heterocycles. The third-order valence-electron chi connectivity index (χ3n) is 5.00. The maximum Gasteiger partial charge on any atom is 0.224 e. The van der Waals surface area contributed by atoms with Crippen LogP contribution < -0.4 is 15.4 Å². The lowest BCUT2D eigenvalue weighted by Crippen LogP contribution is -2.19. The first-order valence-electron chi connectivity index (χ1n) is 10.6. The van der Waals surface area contributed by atoms with Crippen LogP contribution in [0.25, 0.3) is 16.6 Å². The Labute approximate surface area is 192 Å². The number of nitriles is 1. The smallest absolute Gasteiger partial charge is 0.224 e. The molecule has 0 radical (unpaired) electrons. The summed E-state index contributed by atoms with van der Waals surface area (Å²) in [5.74, 6) is 2.52. The Kier molecular flexibility index (Phi) is 5.84. The molecule has 9 heteroatoms. The number of nitrogens with one attached hydrogen (secondary N) is 2. The first-order chi connectivity index (χ1) is 15.8. The summed E-state index contributed by atoms with van der Waals surface area (Å²) >= 11 is 0. The summed E-state index contributed by atoms with van der Waals surface area (Å²) in [4.78, 5) is 13.1. The molecular formula is C24H26N8O. The highest BCUT2D eigenvalue weighted by Crippen LogP contribution is 2.32. The van der Waals surface area contributed by atoms with Crippen molar-refractivity contribution in [1.29, 1.82) is 5.26 Å². The monoisotopic (exact) mass is 442 g/mol. The zero-order chi connectivity index (χ0) is 23.6. The number of nitrogens with zero attached hydrogens (tertiary/aromatic N) is 6. The Hall–Kier alpha value is -4.19. The van der Waals surface area contributed by atoms with E-state index in [0.717, 1.165) is 28.0 Å². The van der Waals surface area contributed by atoms with E-state index in [4.69, 9.17) is 4.74 Å². The molecule has 4 aromatic rings. The van der Waals surface area contributed by atoms with Crippen LogP contribution in [0.3, 0.4) is 0 Å². The standard InChI is InChI=1S/C24H26N8O/c1-15-8-19(20(12-27-15)33-14-24(3,4)13-25)17-6-7-32-18(10-17)11-22(31-32)29-21-9-16(2)28-23(26-5)30-21/h6-12H,14H2,1-5H3,(H2,26,28,29,30,31). The van der Waals surface area contributed by atoms with Gasteiger partial charge >= 0.3 is 0 Å². The van der Waals surface area contributed by atoms with Gasteiger partial charge in [-0.2, -0.15) is 15.3 Å². The van der Waals surface area contributed by atoms with Crippen LogP contribution in [0.15, 0.2) is 42.7 Å². The summed E-state index contributed by atoms with van der Waals surface area (Å²) < 4.78 is 7.79. The Balaban J connectivity index is 1.65. The summed E-state index contributed by atoms with van der Waals surface area (Å²) in [6.45, 7) is 7.82. The molecule has 0 aromatic carbocycles. The minimum absolute atomic E-state index is 0.275. The Morgan fingerprint density at radius 2 is 1.91 bits per heavy atom. The fourth-order valence-electron chi connectivity index (χ4n) is 3.28. The van der Waals surface area contributed by atoms with E-state index < -0.39 is 5.41 Å². The van der Waals surface area contributed by atoms with Crippen molar-refractivity contribution in [1.82, 2.24) is 24.6 Å². The van der Waals surface area contributed by atoms with Gasteiger partial charge in [0.2, 0.25) is 5.95 Å². The van der Waals surface area contributed by atoms with Crippen LogP contribution in [0.1, 0.15) is 25.2 Å². The molecule has 0 spiro atoms. The highest BCUT2D eigenvalue weighted by Gasteiger charge is 2.19. The summed E-state index contributed by atoms with van der Waals surface area (Å²) in [6, 6.07) is 12.1. The molecule has 0 aliphatic rings. The zero-order valence-electron chi connectivity index (χ0n) is 19.3. The molecule has 0 saturated carbocycles. The number of aryl methyl sites for hydroxylation is 2. The van der Waals surface area contributed by atoms with E-state index in [0.29, 0.717) is 23.3 Å². The molecule has 0 saturated heterocycles. The predicted octanol–water partition coefficient (Wildman–Crippen LogP) is 4.52. The van der Waals surface area contributed by atoms with E-state index in [9.17, 15) is 5.26 Å². The molecule has 4 heterocycles. The lowest BCUT2D eigenvalue weighted by molar-refractivity contribution is 0.227. The number of ether oxygens (including phenoxy) is 1. The highest BCUT2D eigenvalue weighted by atomic mass is 16.5. The highest BCUT2D eigenvalue weighted by molar-refractivity contribution is 5.75. The lowest BCUT2D eigenvalue weighted by atomic mass is 9.97. The van der Waals surface area contributed by atoms with Gasteiger partial charge in [0, 0.05) is 42.3 Å². The second-order valence-electron chi connectivity index (χ2n) is 8.51. The van der Waals surface area contributed by atoms with E-state index in [1.165, 1.54) is 0 Å². The molecule has 0 unspecified atom stereocenters. The predicted molar refractivity (Wildman–Crippen MR) is 128 cm³/mol. The summed E-state index contributed by atoms with van der Waals surface area (Å²) in [5, 5.41) is 20.1. The summed E-state index contributed by atoms with van der Waals surface area (Å²) in [5.41, 5.74) is 3.94. The van der Waals surface area contributed by atoms with E-state index in [1.807, 2.05) is 64.2 Å². The van der Waals surface area contributed by atoms with Crippen LogP contribution in [0.2, 0.25) is 0 Å². The van der Waals surface area contributed by atoms with E-state index in [2.05, 4.69) is 36.8 Å². The third-order valence-corrected chi connectivity index (χ3v) is 5.00. The van der Waals surface area contributed by atoms with Crippen molar-refractivity contribution in [3.05, 3.63) is 54.1 Å². The van der Waals surface area contributed by atoms with Gasteiger partial charge in [0.25, 0.3) is 0 Å². The topological polar surface area (TPSA) is 113 Å². The number of anilines is 3. The van der Waals surface area contributed by atoms with E-state index in [1.54, 1.807) is 17.8 Å². The minimum atomic E-state index is -0.593. The molecule has 4 rings (SSSR count). The molecule has 0 aliphatic heterocycles. The molecule has 0 fully saturated rings. The van der Waals surface area contributed by atoms with Gasteiger partial charge in [-0.25, -0.2) is 9.50 Å². The number of fused-ring (bicyclic) bond motifs is 1. The normalized spacial score (nSPS) is 11.3. The zero-order valence-corrected chi connectivity index (χ0v) is 19.3. The van der Waals surface area contributed by atoms with Gasteiger partial charge in [-0.05, 0) is 51.5 Å². The lowest BCUT2D eigenvalue weighted by Gasteiger charge is -2.18. The second kappa shape index (κ2) is 8.74. The van der Waals surface area contributed by atoms with Crippen molar-refractivity contribution in [2.75, 3.05) is 24.3 Å². The number of hydrogen-bond donors (Lipinski definition) is 2. The van der Waals surface area contributed by atoms with Crippen LogP contribution in [0.5, 0.6) is 5.75 Å². The van der Waals surface area contributed by atoms with Crippen molar-refractivity contribution in [2.45, 2.75) is 27.7 Å². The first-order valence-corrected chi connectivity index (χ1v) is 10.6. The molecule has 2 N–H and O–H groups in total. The maximum absolute atomic E-state index is 9.30. The molecule has 0 aliphatic carbocycles. The van der Waals surface area contributed by atoms with Gasteiger partial charge in [-0.3, -0.25) is 4.98 Å². The average Bonchev–Trinajstić information content (AvgIpc) is 3.19. The quantitative estimate of drug-likeness (QED) is 0.430. The summed E-state index contributed by atoms with van der Waals surface area (Å²) in [7, 11) is 1.78. The van der Waals surface area contributed by atoms with Gasteiger partial charge in [0.1, 0.15) is 18.2 Å². The van der Waals surface area contributed by atoms with Crippen molar-refractivity contribution < 1.29 is 4.74 Å². The molecule has 0 bridgehead atoms. The van der Waals surface area contributed by atoms with Crippen molar-refractivity contribution >= 4 is 23.1 Å². The minimum Gasteiger partial charge on any atom is -0.490 e. The number of rotatable bonds is 7. The number of hydrogen-bond acceptors (Lipinski definition) is 8. The van der Waals surface area contributed by atoms with Crippen LogP contribution >= 0.6 is 0 Å². The van der Waals surface area contributed by atoms with E-state index in [-0.39, 0.29) is 6.61 Å². The average molecular weight is 443 g/mol. The molecule has 33 heavy (non-hydrogen) atoms. The van der Waals surface area contributed by atoms with Gasteiger partial charge in [-0.15, -0.1) is 0 Å².